The molecule has 5 N–H and O–H groups in total. The van der Waals surface area contributed by atoms with E-state index in [1.807, 2.05) is 6.92 Å². The van der Waals surface area contributed by atoms with E-state index in [0.29, 0.717) is 28.0 Å². The number of carbonyl (C=O) groups excluding carboxylic acids is 1. The smallest absolute Gasteiger partial charge is 0.272 e. The highest BCUT2D eigenvalue weighted by atomic mass is 19.1. The summed E-state index contributed by atoms with van der Waals surface area (Å²) in [6, 6.07) is 11.6. The van der Waals surface area contributed by atoms with Crippen LogP contribution in [0.3, 0.4) is 0 Å². The lowest BCUT2D eigenvalue weighted by Crippen LogP contribution is -2.13. The first-order chi connectivity index (χ1) is 10.6. The van der Waals surface area contributed by atoms with E-state index in [1.54, 1.807) is 30.3 Å². The van der Waals surface area contributed by atoms with Crippen LogP contribution in [0.1, 0.15) is 16.1 Å². The number of benzene rings is 2. The molecule has 0 fully saturated rings. The van der Waals surface area contributed by atoms with Gasteiger partial charge in [0.1, 0.15) is 11.5 Å². The van der Waals surface area contributed by atoms with E-state index in [4.69, 9.17) is 5.84 Å². The van der Waals surface area contributed by atoms with Crippen molar-refractivity contribution < 1.29 is 9.18 Å². The summed E-state index contributed by atoms with van der Waals surface area (Å²) in [6.45, 7) is 1.86. The number of nitrogens with one attached hydrogen (secondary N) is 3. The molecule has 0 radical (unpaired) electrons. The summed E-state index contributed by atoms with van der Waals surface area (Å²) >= 11 is 0. The maximum absolute atomic E-state index is 13.8. The topological polar surface area (TPSA) is 82.9 Å². The van der Waals surface area contributed by atoms with Crippen LogP contribution >= 0.6 is 0 Å². The molecular formula is C16H15FN4O. The number of aryl methyl sites for hydroxylation is 1. The van der Waals surface area contributed by atoms with Gasteiger partial charge in [0, 0.05) is 11.1 Å². The molecule has 0 atom stereocenters. The highest BCUT2D eigenvalue weighted by Crippen LogP contribution is 2.23. The highest BCUT2D eigenvalue weighted by Gasteiger charge is 2.13. The van der Waals surface area contributed by atoms with Crippen molar-refractivity contribution in [2.75, 3.05) is 10.7 Å². The van der Waals surface area contributed by atoms with Crippen LogP contribution in [0.25, 0.3) is 10.9 Å². The first kappa shape index (κ1) is 14.1. The molecule has 0 aliphatic rings. The lowest BCUT2D eigenvalue weighted by Gasteiger charge is -2.06. The molecule has 0 spiro atoms. The number of rotatable bonds is 3. The van der Waals surface area contributed by atoms with Gasteiger partial charge in [-0.3, -0.25) is 10.6 Å². The van der Waals surface area contributed by atoms with Crippen molar-refractivity contribution in [3.05, 3.63) is 59.5 Å². The van der Waals surface area contributed by atoms with Crippen molar-refractivity contribution in [1.82, 2.24) is 4.98 Å². The van der Waals surface area contributed by atoms with Gasteiger partial charge < -0.3 is 15.7 Å². The van der Waals surface area contributed by atoms with E-state index in [9.17, 15) is 9.18 Å². The van der Waals surface area contributed by atoms with Crippen molar-refractivity contribution in [1.29, 1.82) is 0 Å². The Bertz CT molecular complexity index is 817. The Balaban J connectivity index is 1.92. The number of nitrogens with two attached hydrogens (primary N) is 1. The van der Waals surface area contributed by atoms with Crippen LogP contribution in [-0.2, 0) is 0 Å². The van der Waals surface area contributed by atoms with Gasteiger partial charge in [0.2, 0.25) is 0 Å². The SMILES string of the molecule is Cc1ccc(F)c2cc(C(=O)Nc3cccc(NN)c3)[nH]c12. The van der Waals surface area contributed by atoms with Crippen LogP contribution in [0.15, 0.2) is 42.5 Å². The van der Waals surface area contributed by atoms with E-state index < -0.39 is 0 Å². The predicted octanol–water partition coefficient (Wildman–Crippen LogP) is 3.15. The second-order valence-electron chi connectivity index (χ2n) is 5.02. The number of halogens is 1. The van der Waals surface area contributed by atoms with E-state index in [2.05, 4.69) is 15.7 Å². The molecule has 6 heteroatoms. The number of amides is 1. The molecular weight excluding hydrogens is 283 g/mol. The number of aromatic nitrogens is 1. The number of H-pyrrole nitrogens is 1. The number of hydrogen-bond acceptors (Lipinski definition) is 3. The number of carbonyl (C=O) groups is 1. The van der Waals surface area contributed by atoms with Crippen molar-refractivity contribution in [2.24, 2.45) is 5.84 Å². The summed E-state index contributed by atoms with van der Waals surface area (Å²) in [5.41, 5.74) is 5.59. The quantitative estimate of drug-likeness (QED) is 0.443. The number of hydrogen-bond donors (Lipinski definition) is 4. The minimum Gasteiger partial charge on any atom is -0.350 e. The summed E-state index contributed by atoms with van der Waals surface area (Å²) in [5, 5.41) is 3.15. The highest BCUT2D eigenvalue weighted by molar-refractivity contribution is 6.06. The van der Waals surface area contributed by atoms with Gasteiger partial charge in [0.05, 0.1) is 11.2 Å². The summed E-state index contributed by atoms with van der Waals surface area (Å²) < 4.78 is 13.8. The summed E-state index contributed by atoms with van der Waals surface area (Å²) in [7, 11) is 0. The second kappa shape index (κ2) is 5.50. The molecule has 0 saturated carbocycles. The van der Waals surface area contributed by atoms with Gasteiger partial charge in [-0.05, 0) is 42.8 Å². The van der Waals surface area contributed by atoms with Crippen LogP contribution in [0, 0.1) is 12.7 Å². The minimum atomic E-state index is -0.356. The Morgan fingerprint density at radius 3 is 2.68 bits per heavy atom. The van der Waals surface area contributed by atoms with Crippen molar-refractivity contribution in [2.45, 2.75) is 6.92 Å². The number of nitrogen functional groups attached to an aromatic ring is 1. The first-order valence-electron chi connectivity index (χ1n) is 6.74. The fraction of sp³-hybridized carbons (Fsp3) is 0.0625. The van der Waals surface area contributed by atoms with Gasteiger partial charge in [-0.1, -0.05) is 12.1 Å². The average Bonchev–Trinajstić information content (AvgIpc) is 2.98. The van der Waals surface area contributed by atoms with E-state index >= 15 is 0 Å². The zero-order valence-corrected chi connectivity index (χ0v) is 11.9. The molecule has 1 amide bonds. The average molecular weight is 298 g/mol. The number of hydrazine groups is 1. The fourth-order valence-corrected chi connectivity index (χ4v) is 2.33. The summed E-state index contributed by atoms with van der Waals surface area (Å²) in [4.78, 5) is 15.3. The Labute approximate surface area is 126 Å². The Hall–Kier alpha value is -2.86. The van der Waals surface area contributed by atoms with Crippen molar-refractivity contribution in [3.63, 3.8) is 0 Å². The predicted molar refractivity (Wildman–Crippen MR) is 85.2 cm³/mol. The van der Waals surface area contributed by atoms with E-state index in [-0.39, 0.29) is 11.7 Å². The molecule has 112 valence electrons. The Kier molecular flexibility index (Phi) is 3.52. The summed E-state index contributed by atoms with van der Waals surface area (Å²) in [6.07, 6.45) is 0. The minimum absolute atomic E-state index is 0.300. The maximum Gasteiger partial charge on any atom is 0.272 e. The zero-order valence-electron chi connectivity index (χ0n) is 11.9. The normalized spacial score (nSPS) is 10.7. The lowest BCUT2D eigenvalue weighted by atomic mass is 10.1. The molecule has 0 unspecified atom stereocenters. The molecule has 5 nitrogen and oxygen atoms in total. The van der Waals surface area contributed by atoms with Crippen LogP contribution in [0.5, 0.6) is 0 Å². The number of fused-ring (bicyclic) bond motifs is 1. The van der Waals surface area contributed by atoms with Gasteiger partial charge in [0.25, 0.3) is 5.91 Å². The van der Waals surface area contributed by atoms with Crippen LogP contribution < -0.4 is 16.6 Å². The van der Waals surface area contributed by atoms with Gasteiger partial charge in [-0.15, -0.1) is 0 Å². The molecule has 3 aromatic rings. The van der Waals surface area contributed by atoms with Crippen LogP contribution in [0.2, 0.25) is 0 Å². The molecule has 1 aromatic heterocycles. The molecule has 0 bridgehead atoms. The maximum atomic E-state index is 13.8. The van der Waals surface area contributed by atoms with Gasteiger partial charge in [-0.2, -0.15) is 0 Å². The molecule has 0 saturated heterocycles. The number of anilines is 2. The number of aromatic amines is 1. The first-order valence-corrected chi connectivity index (χ1v) is 6.74. The molecule has 0 aliphatic heterocycles. The molecule has 0 aliphatic carbocycles. The molecule has 22 heavy (non-hydrogen) atoms. The van der Waals surface area contributed by atoms with Crippen molar-refractivity contribution in [3.8, 4) is 0 Å². The fourth-order valence-electron chi connectivity index (χ4n) is 2.33. The van der Waals surface area contributed by atoms with E-state index in [1.165, 1.54) is 12.1 Å². The van der Waals surface area contributed by atoms with E-state index in [0.717, 1.165) is 5.56 Å². The summed E-state index contributed by atoms with van der Waals surface area (Å²) in [5.74, 6) is 4.63. The zero-order chi connectivity index (χ0) is 15.7. The lowest BCUT2D eigenvalue weighted by molar-refractivity contribution is 0.102. The second-order valence-corrected chi connectivity index (χ2v) is 5.02. The van der Waals surface area contributed by atoms with Gasteiger partial charge in [-0.25, -0.2) is 4.39 Å². The Morgan fingerprint density at radius 2 is 1.95 bits per heavy atom. The molecule has 2 aromatic carbocycles. The largest absolute Gasteiger partial charge is 0.350 e. The van der Waals surface area contributed by atoms with Gasteiger partial charge in [0.15, 0.2) is 0 Å². The third-order valence-corrected chi connectivity index (χ3v) is 3.48. The van der Waals surface area contributed by atoms with Crippen LogP contribution in [-0.4, -0.2) is 10.9 Å². The van der Waals surface area contributed by atoms with Crippen molar-refractivity contribution >= 4 is 28.2 Å². The molecule has 1 heterocycles. The Morgan fingerprint density at radius 1 is 1.18 bits per heavy atom. The third kappa shape index (κ3) is 2.51. The van der Waals surface area contributed by atoms with Gasteiger partial charge >= 0.3 is 0 Å². The standard InChI is InChI=1S/C16H15FN4O/c1-9-5-6-13(17)12-8-14(20-15(9)12)16(22)19-10-3-2-4-11(7-10)21-18/h2-8,20-21H,18H2,1H3,(H,19,22). The monoisotopic (exact) mass is 298 g/mol. The van der Waals surface area contributed by atoms with Crippen LogP contribution in [0.4, 0.5) is 15.8 Å². The third-order valence-electron chi connectivity index (χ3n) is 3.48. The molecule has 3 rings (SSSR count).